The molecule has 1 aliphatic heterocycles. The standard InChI is InChI=1S/C14H13NO4S/c1-18-13(16)10-12(20-2)8-5-7-15-6-3-4-9(15)11(8)19-14(10)17/h3-4,6H,5,7H2,1-2H3. The van der Waals surface area contributed by atoms with E-state index in [0.717, 1.165) is 24.2 Å². The van der Waals surface area contributed by atoms with Crippen molar-refractivity contribution in [1.29, 1.82) is 0 Å². The summed E-state index contributed by atoms with van der Waals surface area (Å²) in [6.07, 6.45) is 4.52. The van der Waals surface area contributed by atoms with Gasteiger partial charge in [0, 0.05) is 23.2 Å². The summed E-state index contributed by atoms with van der Waals surface area (Å²) in [4.78, 5) is 24.6. The van der Waals surface area contributed by atoms with Crippen LogP contribution in [0.3, 0.4) is 0 Å². The van der Waals surface area contributed by atoms with E-state index in [2.05, 4.69) is 4.74 Å². The number of aryl methyl sites for hydroxylation is 1. The van der Waals surface area contributed by atoms with E-state index in [0.29, 0.717) is 10.7 Å². The smallest absolute Gasteiger partial charge is 0.352 e. The number of rotatable bonds is 2. The Balaban J connectivity index is 2.32. The fourth-order valence-corrected chi connectivity index (χ4v) is 3.35. The van der Waals surface area contributed by atoms with Gasteiger partial charge >= 0.3 is 11.6 Å². The number of fused-ring (bicyclic) bond motifs is 3. The van der Waals surface area contributed by atoms with E-state index < -0.39 is 11.6 Å². The molecule has 0 aliphatic carbocycles. The molecule has 0 amide bonds. The molecule has 3 heterocycles. The summed E-state index contributed by atoms with van der Waals surface area (Å²) in [5.74, 6) is -0.0879. The molecule has 20 heavy (non-hydrogen) atoms. The lowest BCUT2D eigenvalue weighted by Gasteiger charge is -2.20. The Morgan fingerprint density at radius 1 is 1.50 bits per heavy atom. The van der Waals surface area contributed by atoms with Crippen LogP contribution in [0.15, 0.2) is 32.4 Å². The third kappa shape index (κ3) is 1.79. The van der Waals surface area contributed by atoms with Crippen LogP contribution >= 0.6 is 11.8 Å². The van der Waals surface area contributed by atoms with Crippen LogP contribution in [0.5, 0.6) is 0 Å². The van der Waals surface area contributed by atoms with Crippen molar-refractivity contribution in [2.45, 2.75) is 17.9 Å². The Bertz CT molecular complexity index is 744. The zero-order chi connectivity index (χ0) is 14.3. The van der Waals surface area contributed by atoms with E-state index in [1.54, 1.807) is 0 Å². The molecule has 2 aromatic rings. The number of ether oxygens (including phenoxy) is 1. The highest BCUT2D eigenvalue weighted by Gasteiger charge is 2.28. The van der Waals surface area contributed by atoms with E-state index in [-0.39, 0.29) is 5.56 Å². The zero-order valence-corrected chi connectivity index (χ0v) is 12.0. The number of carbonyl (C=O) groups excluding carboxylic acids is 1. The maximum Gasteiger partial charge on any atom is 0.352 e. The van der Waals surface area contributed by atoms with E-state index in [9.17, 15) is 9.59 Å². The summed E-state index contributed by atoms with van der Waals surface area (Å²) in [5, 5.41) is 0. The van der Waals surface area contributed by atoms with Crippen molar-refractivity contribution >= 4 is 17.7 Å². The topological polar surface area (TPSA) is 61.4 Å². The molecule has 0 saturated heterocycles. The van der Waals surface area contributed by atoms with Crippen molar-refractivity contribution in [2.75, 3.05) is 13.4 Å². The summed E-state index contributed by atoms with van der Waals surface area (Å²) in [6, 6.07) is 3.82. The van der Waals surface area contributed by atoms with Crippen LogP contribution in [-0.2, 0) is 17.7 Å². The van der Waals surface area contributed by atoms with Crippen LogP contribution in [0.1, 0.15) is 15.9 Å². The lowest BCUT2D eigenvalue weighted by Crippen LogP contribution is -2.22. The Labute approximate surface area is 119 Å². The monoisotopic (exact) mass is 291 g/mol. The minimum Gasteiger partial charge on any atom is -0.465 e. The van der Waals surface area contributed by atoms with Crippen molar-refractivity contribution in [3.63, 3.8) is 0 Å². The van der Waals surface area contributed by atoms with Gasteiger partial charge in [0.1, 0.15) is 0 Å². The minimum absolute atomic E-state index is 0.00115. The number of thioether (sulfide) groups is 1. The maximum absolute atomic E-state index is 12.1. The molecule has 1 aliphatic rings. The molecule has 0 fully saturated rings. The van der Waals surface area contributed by atoms with Gasteiger partial charge < -0.3 is 13.7 Å². The molecule has 0 saturated carbocycles. The number of carbonyl (C=O) groups is 1. The Morgan fingerprint density at radius 2 is 2.30 bits per heavy atom. The number of methoxy groups -OCH3 is 1. The minimum atomic E-state index is -0.646. The molecule has 6 heteroatoms. The van der Waals surface area contributed by atoms with E-state index in [1.807, 2.05) is 29.2 Å². The summed E-state index contributed by atoms with van der Waals surface area (Å²) >= 11 is 1.38. The molecule has 0 atom stereocenters. The summed E-state index contributed by atoms with van der Waals surface area (Å²) in [5.41, 5.74) is 1.13. The third-order valence-corrected chi connectivity index (χ3v) is 4.29. The second-order valence-corrected chi connectivity index (χ2v) is 5.25. The fourth-order valence-electron chi connectivity index (χ4n) is 2.54. The van der Waals surface area contributed by atoms with Crippen LogP contribution < -0.4 is 5.63 Å². The Kier molecular flexibility index (Phi) is 3.17. The van der Waals surface area contributed by atoms with E-state index in [1.165, 1.54) is 18.9 Å². The molecule has 0 spiro atoms. The van der Waals surface area contributed by atoms with Gasteiger partial charge in [-0.2, -0.15) is 0 Å². The molecule has 0 aromatic carbocycles. The summed E-state index contributed by atoms with van der Waals surface area (Å²) in [7, 11) is 1.26. The number of nitrogens with zero attached hydrogens (tertiary/aromatic N) is 1. The lowest BCUT2D eigenvalue weighted by molar-refractivity contribution is 0.0591. The van der Waals surface area contributed by atoms with Gasteiger partial charge in [0.2, 0.25) is 0 Å². The van der Waals surface area contributed by atoms with Gasteiger partial charge in [-0.15, -0.1) is 11.8 Å². The molecular formula is C14H13NO4S. The first kappa shape index (κ1) is 13.1. The maximum atomic E-state index is 12.1. The van der Waals surface area contributed by atoms with E-state index in [4.69, 9.17) is 4.42 Å². The van der Waals surface area contributed by atoms with Crippen molar-refractivity contribution < 1.29 is 13.9 Å². The van der Waals surface area contributed by atoms with E-state index >= 15 is 0 Å². The van der Waals surface area contributed by atoms with Gasteiger partial charge in [0.05, 0.1) is 12.8 Å². The molecule has 0 bridgehead atoms. The number of esters is 1. The summed E-state index contributed by atoms with van der Waals surface area (Å²) in [6.45, 7) is 0.803. The highest BCUT2D eigenvalue weighted by atomic mass is 32.2. The molecule has 0 N–H and O–H groups in total. The first-order valence-corrected chi connectivity index (χ1v) is 7.37. The second kappa shape index (κ2) is 4.86. The van der Waals surface area contributed by atoms with Gasteiger partial charge in [-0.05, 0) is 24.8 Å². The van der Waals surface area contributed by atoms with Crippen LogP contribution in [0.2, 0.25) is 0 Å². The quantitative estimate of drug-likeness (QED) is 0.627. The Hall–Kier alpha value is -1.95. The van der Waals surface area contributed by atoms with Crippen molar-refractivity contribution in [2.24, 2.45) is 0 Å². The van der Waals surface area contributed by atoms with Crippen molar-refractivity contribution in [3.05, 3.63) is 39.9 Å². The van der Waals surface area contributed by atoms with Crippen molar-refractivity contribution in [1.82, 2.24) is 4.57 Å². The van der Waals surface area contributed by atoms with Crippen LogP contribution in [0.25, 0.3) is 11.5 Å². The predicted octanol–water partition coefficient (Wildman–Crippen LogP) is 2.17. The van der Waals surface area contributed by atoms with Crippen LogP contribution in [0, 0.1) is 0 Å². The van der Waals surface area contributed by atoms with Gasteiger partial charge in [-0.3, -0.25) is 0 Å². The van der Waals surface area contributed by atoms with Gasteiger partial charge in [0.25, 0.3) is 0 Å². The fraction of sp³-hybridized carbons (Fsp3) is 0.286. The zero-order valence-electron chi connectivity index (χ0n) is 11.1. The molecule has 104 valence electrons. The molecule has 0 radical (unpaired) electrons. The number of hydrogen-bond acceptors (Lipinski definition) is 5. The second-order valence-electron chi connectivity index (χ2n) is 4.43. The Morgan fingerprint density at radius 3 is 3.00 bits per heavy atom. The van der Waals surface area contributed by atoms with Gasteiger partial charge in [-0.25, -0.2) is 9.59 Å². The molecule has 3 rings (SSSR count). The highest BCUT2D eigenvalue weighted by molar-refractivity contribution is 7.98. The first-order chi connectivity index (χ1) is 9.67. The predicted molar refractivity (Wildman–Crippen MR) is 75.2 cm³/mol. The molecule has 5 nitrogen and oxygen atoms in total. The van der Waals surface area contributed by atoms with Crippen LogP contribution in [0.4, 0.5) is 0 Å². The average molecular weight is 291 g/mol. The van der Waals surface area contributed by atoms with Gasteiger partial charge in [-0.1, -0.05) is 0 Å². The average Bonchev–Trinajstić information content (AvgIpc) is 2.93. The summed E-state index contributed by atoms with van der Waals surface area (Å²) < 4.78 is 12.1. The molecule has 2 aromatic heterocycles. The molecule has 0 unspecified atom stereocenters. The normalized spacial score (nSPS) is 12.7. The van der Waals surface area contributed by atoms with Crippen LogP contribution in [-0.4, -0.2) is 23.9 Å². The molecular weight excluding hydrogens is 278 g/mol. The highest BCUT2D eigenvalue weighted by Crippen LogP contribution is 2.36. The largest absolute Gasteiger partial charge is 0.465 e. The first-order valence-electron chi connectivity index (χ1n) is 6.15. The third-order valence-electron chi connectivity index (χ3n) is 3.43. The SMILES string of the molecule is COC(=O)c1c(SC)c2c(oc1=O)-c1cccn1CC2. The lowest BCUT2D eigenvalue weighted by atomic mass is 10.0. The van der Waals surface area contributed by atoms with Gasteiger partial charge in [0.15, 0.2) is 11.3 Å². The number of aromatic nitrogens is 1. The van der Waals surface area contributed by atoms with Crippen molar-refractivity contribution in [3.8, 4) is 11.5 Å². The number of hydrogen-bond donors (Lipinski definition) is 0.